The minimum Gasteiger partial charge on any atom is -0.393 e. The Bertz CT molecular complexity index is 501. The molecule has 1 saturated carbocycles. The standard InChI is InChI=1S/C12H17NO3S/c1-17(15,16)11-4-2-9(3-5-11)12(8-13)6-10(14)7-12/h2-5,10,14H,6-8,13H2,1H3. The van der Waals surface area contributed by atoms with Crippen LogP contribution in [0.25, 0.3) is 0 Å². The van der Waals surface area contributed by atoms with E-state index in [-0.39, 0.29) is 11.5 Å². The van der Waals surface area contributed by atoms with Crippen molar-refractivity contribution in [3.8, 4) is 0 Å². The lowest BCUT2D eigenvalue weighted by atomic mass is 9.63. The van der Waals surface area contributed by atoms with Gasteiger partial charge in [-0.2, -0.15) is 0 Å². The third-order valence-electron chi connectivity index (χ3n) is 3.54. The number of rotatable bonds is 3. The zero-order valence-electron chi connectivity index (χ0n) is 9.76. The van der Waals surface area contributed by atoms with Crippen LogP contribution in [0.15, 0.2) is 29.2 Å². The second kappa shape index (κ2) is 4.08. The molecule has 0 aliphatic heterocycles. The highest BCUT2D eigenvalue weighted by molar-refractivity contribution is 7.90. The maximum absolute atomic E-state index is 11.3. The van der Waals surface area contributed by atoms with Gasteiger partial charge in [0.25, 0.3) is 0 Å². The molecule has 1 aliphatic rings. The Morgan fingerprint density at radius 2 is 1.88 bits per heavy atom. The van der Waals surface area contributed by atoms with Crippen molar-refractivity contribution >= 4 is 9.84 Å². The number of hydrogen-bond donors (Lipinski definition) is 2. The van der Waals surface area contributed by atoms with Crippen molar-refractivity contribution in [1.82, 2.24) is 0 Å². The van der Waals surface area contributed by atoms with Gasteiger partial charge in [-0.05, 0) is 30.5 Å². The summed E-state index contributed by atoms with van der Waals surface area (Å²) in [6, 6.07) is 6.81. The van der Waals surface area contributed by atoms with E-state index in [0.29, 0.717) is 24.3 Å². The van der Waals surface area contributed by atoms with Gasteiger partial charge in [0.1, 0.15) is 0 Å². The molecule has 0 aromatic heterocycles. The van der Waals surface area contributed by atoms with Gasteiger partial charge in [-0.1, -0.05) is 12.1 Å². The Kier molecular flexibility index (Phi) is 3.01. The molecule has 1 fully saturated rings. The van der Waals surface area contributed by atoms with Gasteiger partial charge >= 0.3 is 0 Å². The Morgan fingerprint density at radius 3 is 2.24 bits per heavy atom. The number of benzene rings is 1. The second-order valence-electron chi connectivity index (χ2n) is 4.84. The Hall–Kier alpha value is -0.910. The molecule has 1 aromatic rings. The number of aliphatic hydroxyl groups excluding tert-OH is 1. The molecule has 4 nitrogen and oxygen atoms in total. The topological polar surface area (TPSA) is 80.4 Å². The van der Waals surface area contributed by atoms with Gasteiger partial charge < -0.3 is 10.8 Å². The number of hydrogen-bond acceptors (Lipinski definition) is 4. The molecular formula is C12H17NO3S. The Morgan fingerprint density at radius 1 is 1.35 bits per heavy atom. The van der Waals surface area contributed by atoms with Crippen LogP contribution in [0.4, 0.5) is 0 Å². The van der Waals surface area contributed by atoms with Crippen LogP contribution < -0.4 is 5.73 Å². The van der Waals surface area contributed by atoms with Gasteiger partial charge in [-0.15, -0.1) is 0 Å². The third-order valence-corrected chi connectivity index (χ3v) is 4.67. The lowest BCUT2D eigenvalue weighted by Crippen LogP contribution is -2.49. The normalized spacial score (nSPS) is 28.8. The molecular weight excluding hydrogens is 238 g/mol. The molecule has 0 spiro atoms. The average Bonchev–Trinajstić information content (AvgIpc) is 2.23. The molecule has 94 valence electrons. The second-order valence-corrected chi connectivity index (χ2v) is 6.86. The molecule has 0 saturated heterocycles. The van der Waals surface area contributed by atoms with E-state index in [1.165, 1.54) is 6.26 Å². The summed E-state index contributed by atoms with van der Waals surface area (Å²) < 4.78 is 22.7. The van der Waals surface area contributed by atoms with Crippen LogP contribution in [0.5, 0.6) is 0 Å². The molecule has 1 aromatic carbocycles. The van der Waals surface area contributed by atoms with E-state index in [1.54, 1.807) is 24.3 Å². The highest BCUT2D eigenvalue weighted by Crippen LogP contribution is 2.43. The summed E-state index contributed by atoms with van der Waals surface area (Å²) >= 11 is 0. The molecule has 0 radical (unpaired) electrons. The monoisotopic (exact) mass is 255 g/mol. The zero-order chi connectivity index (χ0) is 12.7. The van der Waals surface area contributed by atoms with E-state index < -0.39 is 9.84 Å². The van der Waals surface area contributed by atoms with E-state index in [4.69, 9.17) is 5.73 Å². The largest absolute Gasteiger partial charge is 0.393 e. The molecule has 0 atom stereocenters. The first kappa shape index (κ1) is 12.5. The van der Waals surface area contributed by atoms with Crippen molar-refractivity contribution in [2.45, 2.75) is 29.3 Å². The lowest BCUT2D eigenvalue weighted by molar-refractivity contribution is 0.0221. The zero-order valence-corrected chi connectivity index (χ0v) is 10.6. The van der Waals surface area contributed by atoms with Crippen LogP contribution >= 0.6 is 0 Å². The van der Waals surface area contributed by atoms with Crippen molar-refractivity contribution in [2.24, 2.45) is 5.73 Å². The van der Waals surface area contributed by atoms with Crippen LogP contribution in [0.1, 0.15) is 18.4 Å². The predicted molar refractivity (Wildman–Crippen MR) is 65.5 cm³/mol. The summed E-state index contributed by atoms with van der Waals surface area (Å²) in [7, 11) is -3.15. The molecule has 0 unspecified atom stereocenters. The highest BCUT2D eigenvalue weighted by Gasteiger charge is 2.43. The Labute approximate surface area is 101 Å². The third kappa shape index (κ3) is 2.22. The van der Waals surface area contributed by atoms with Gasteiger partial charge in [0, 0.05) is 18.2 Å². The van der Waals surface area contributed by atoms with Crippen molar-refractivity contribution in [3.05, 3.63) is 29.8 Å². The number of aliphatic hydroxyl groups is 1. The van der Waals surface area contributed by atoms with Crippen LogP contribution in [-0.4, -0.2) is 32.4 Å². The molecule has 17 heavy (non-hydrogen) atoms. The van der Waals surface area contributed by atoms with E-state index >= 15 is 0 Å². The lowest BCUT2D eigenvalue weighted by Gasteiger charge is -2.45. The summed E-state index contributed by atoms with van der Waals surface area (Å²) in [6.45, 7) is 0.474. The van der Waals surface area contributed by atoms with Crippen molar-refractivity contribution in [2.75, 3.05) is 12.8 Å². The molecule has 1 aliphatic carbocycles. The maximum Gasteiger partial charge on any atom is 0.175 e. The molecule has 0 heterocycles. The summed E-state index contributed by atoms with van der Waals surface area (Å²) in [4.78, 5) is 0.313. The minimum atomic E-state index is -3.15. The van der Waals surface area contributed by atoms with Crippen LogP contribution in [0.3, 0.4) is 0 Å². The highest BCUT2D eigenvalue weighted by atomic mass is 32.2. The molecule has 3 N–H and O–H groups in total. The quantitative estimate of drug-likeness (QED) is 0.821. The molecule has 0 amide bonds. The van der Waals surface area contributed by atoms with Gasteiger partial charge in [-0.3, -0.25) is 0 Å². The van der Waals surface area contributed by atoms with Crippen molar-refractivity contribution in [3.63, 3.8) is 0 Å². The fourth-order valence-electron chi connectivity index (χ4n) is 2.42. The Balaban J connectivity index is 2.30. The van der Waals surface area contributed by atoms with Crippen molar-refractivity contribution in [1.29, 1.82) is 0 Å². The molecule has 2 rings (SSSR count). The molecule has 0 bridgehead atoms. The summed E-state index contributed by atoms with van der Waals surface area (Å²) in [5.41, 5.74) is 6.60. The van der Waals surface area contributed by atoms with Crippen LogP contribution in [0.2, 0.25) is 0 Å². The SMILES string of the molecule is CS(=O)(=O)c1ccc(C2(CN)CC(O)C2)cc1. The van der Waals surface area contributed by atoms with Crippen LogP contribution in [-0.2, 0) is 15.3 Å². The summed E-state index contributed by atoms with van der Waals surface area (Å²) in [5, 5.41) is 9.41. The van der Waals surface area contributed by atoms with E-state index in [1.807, 2.05) is 0 Å². The summed E-state index contributed by atoms with van der Waals surface area (Å²) in [6.07, 6.45) is 2.21. The first-order valence-corrected chi connectivity index (χ1v) is 7.45. The minimum absolute atomic E-state index is 0.171. The van der Waals surface area contributed by atoms with E-state index in [2.05, 4.69) is 0 Å². The van der Waals surface area contributed by atoms with E-state index in [0.717, 1.165) is 5.56 Å². The van der Waals surface area contributed by atoms with Gasteiger partial charge in [0.15, 0.2) is 9.84 Å². The van der Waals surface area contributed by atoms with Gasteiger partial charge in [0.05, 0.1) is 11.0 Å². The first-order valence-electron chi connectivity index (χ1n) is 5.56. The number of nitrogens with two attached hydrogens (primary N) is 1. The van der Waals surface area contributed by atoms with Crippen LogP contribution in [0, 0.1) is 0 Å². The summed E-state index contributed by atoms with van der Waals surface area (Å²) in [5.74, 6) is 0. The fourth-order valence-corrected chi connectivity index (χ4v) is 3.05. The van der Waals surface area contributed by atoms with E-state index in [9.17, 15) is 13.5 Å². The smallest absolute Gasteiger partial charge is 0.175 e. The van der Waals surface area contributed by atoms with Gasteiger partial charge in [-0.25, -0.2) is 8.42 Å². The van der Waals surface area contributed by atoms with Gasteiger partial charge in [0.2, 0.25) is 0 Å². The predicted octanol–water partition coefficient (Wildman–Crippen LogP) is 0.441. The first-order chi connectivity index (χ1) is 7.87. The average molecular weight is 255 g/mol. The maximum atomic E-state index is 11.3. The van der Waals surface area contributed by atoms with Crippen molar-refractivity contribution < 1.29 is 13.5 Å². The number of sulfone groups is 1. The fraction of sp³-hybridized carbons (Fsp3) is 0.500. The molecule has 5 heteroatoms.